The third kappa shape index (κ3) is 3.95. The number of rotatable bonds is 4. The Labute approximate surface area is 122 Å². The van der Waals surface area contributed by atoms with E-state index in [2.05, 4.69) is 24.5 Å². The number of carbonyl (C=O) groups is 1. The van der Waals surface area contributed by atoms with Crippen LogP contribution in [0, 0.1) is 11.8 Å². The summed E-state index contributed by atoms with van der Waals surface area (Å²) in [5.41, 5.74) is -0.681. The molecule has 4 nitrogen and oxygen atoms in total. The molecule has 2 aliphatic rings. The Morgan fingerprint density at radius 1 is 1.35 bits per heavy atom. The quantitative estimate of drug-likeness (QED) is 0.737. The van der Waals surface area contributed by atoms with E-state index in [4.69, 9.17) is 0 Å². The average molecular weight is 282 g/mol. The third-order valence-corrected chi connectivity index (χ3v) is 5.26. The summed E-state index contributed by atoms with van der Waals surface area (Å²) in [6.07, 6.45) is 7.26. The molecule has 1 heterocycles. The summed E-state index contributed by atoms with van der Waals surface area (Å²) < 4.78 is 0. The molecule has 4 heteroatoms. The van der Waals surface area contributed by atoms with Crippen LogP contribution in [0.2, 0.25) is 0 Å². The summed E-state index contributed by atoms with van der Waals surface area (Å²) in [5, 5.41) is 16.8. The van der Waals surface area contributed by atoms with Crippen LogP contribution in [0.1, 0.15) is 58.8 Å². The molecule has 2 rings (SSSR count). The smallest absolute Gasteiger partial charge is 0.237 e. The molecule has 0 spiro atoms. The first kappa shape index (κ1) is 15.8. The molecule has 0 aromatic heterocycles. The molecule has 1 aliphatic heterocycles. The van der Waals surface area contributed by atoms with Gasteiger partial charge in [0.05, 0.1) is 11.6 Å². The summed E-state index contributed by atoms with van der Waals surface area (Å²) in [6.45, 7) is 5.67. The van der Waals surface area contributed by atoms with Gasteiger partial charge in [0.25, 0.3) is 0 Å². The van der Waals surface area contributed by atoms with E-state index in [1.54, 1.807) is 0 Å². The van der Waals surface area contributed by atoms with Gasteiger partial charge in [-0.05, 0) is 56.9 Å². The van der Waals surface area contributed by atoms with Crippen LogP contribution in [0.4, 0.5) is 0 Å². The van der Waals surface area contributed by atoms with E-state index in [9.17, 15) is 9.90 Å². The number of amides is 1. The van der Waals surface area contributed by atoms with Crippen molar-refractivity contribution in [1.82, 2.24) is 10.6 Å². The highest BCUT2D eigenvalue weighted by molar-refractivity contribution is 5.82. The van der Waals surface area contributed by atoms with Crippen molar-refractivity contribution in [3.05, 3.63) is 0 Å². The van der Waals surface area contributed by atoms with E-state index in [1.165, 1.54) is 6.42 Å². The van der Waals surface area contributed by atoms with Gasteiger partial charge in [-0.25, -0.2) is 0 Å². The molecule has 1 amide bonds. The SMILES string of the molecule is CCC1CCC(O)(CNC(=O)C2NCCCC2C)CC1. The number of hydrogen-bond donors (Lipinski definition) is 3. The van der Waals surface area contributed by atoms with Crippen LogP contribution in [-0.2, 0) is 4.79 Å². The van der Waals surface area contributed by atoms with Gasteiger partial charge in [-0.15, -0.1) is 0 Å². The molecule has 0 bridgehead atoms. The molecular formula is C16H30N2O2. The first-order valence-corrected chi connectivity index (χ1v) is 8.27. The zero-order chi connectivity index (χ0) is 14.6. The van der Waals surface area contributed by atoms with Crippen molar-refractivity contribution < 1.29 is 9.90 Å². The number of nitrogens with one attached hydrogen (secondary N) is 2. The molecule has 1 saturated heterocycles. The molecule has 2 atom stereocenters. The fourth-order valence-electron chi connectivity index (χ4n) is 3.56. The lowest BCUT2D eigenvalue weighted by Gasteiger charge is -2.37. The zero-order valence-electron chi connectivity index (χ0n) is 13.0. The topological polar surface area (TPSA) is 61.4 Å². The molecule has 3 N–H and O–H groups in total. The van der Waals surface area contributed by atoms with Crippen LogP contribution in [0.5, 0.6) is 0 Å². The lowest BCUT2D eigenvalue weighted by Crippen LogP contribution is -2.54. The van der Waals surface area contributed by atoms with Crippen molar-refractivity contribution in [1.29, 1.82) is 0 Å². The minimum absolute atomic E-state index is 0.0586. The third-order valence-electron chi connectivity index (χ3n) is 5.26. The maximum Gasteiger partial charge on any atom is 0.237 e. The van der Waals surface area contributed by atoms with Crippen LogP contribution in [-0.4, -0.2) is 35.7 Å². The van der Waals surface area contributed by atoms with Crippen molar-refractivity contribution in [2.75, 3.05) is 13.1 Å². The van der Waals surface area contributed by atoms with Gasteiger partial charge < -0.3 is 15.7 Å². The van der Waals surface area contributed by atoms with Gasteiger partial charge in [-0.2, -0.15) is 0 Å². The molecule has 116 valence electrons. The summed E-state index contributed by atoms with van der Waals surface area (Å²) in [5.74, 6) is 1.20. The summed E-state index contributed by atoms with van der Waals surface area (Å²) in [6, 6.07) is -0.0840. The van der Waals surface area contributed by atoms with Crippen LogP contribution in [0.15, 0.2) is 0 Å². The Morgan fingerprint density at radius 3 is 2.65 bits per heavy atom. The normalized spacial score (nSPS) is 38.5. The van der Waals surface area contributed by atoms with Crippen LogP contribution in [0.25, 0.3) is 0 Å². The number of hydrogen-bond acceptors (Lipinski definition) is 3. The van der Waals surface area contributed by atoms with E-state index in [1.807, 2.05) is 0 Å². The largest absolute Gasteiger partial charge is 0.388 e. The van der Waals surface area contributed by atoms with Gasteiger partial charge >= 0.3 is 0 Å². The fourth-order valence-corrected chi connectivity index (χ4v) is 3.56. The summed E-state index contributed by atoms with van der Waals surface area (Å²) in [7, 11) is 0. The van der Waals surface area contributed by atoms with Gasteiger partial charge in [0, 0.05) is 6.54 Å². The maximum atomic E-state index is 12.2. The van der Waals surface area contributed by atoms with Crippen molar-refractivity contribution in [2.45, 2.75) is 70.4 Å². The molecule has 2 unspecified atom stereocenters. The Hall–Kier alpha value is -0.610. The predicted molar refractivity (Wildman–Crippen MR) is 80.4 cm³/mol. The van der Waals surface area contributed by atoms with Gasteiger partial charge in [0.2, 0.25) is 5.91 Å². The van der Waals surface area contributed by atoms with Crippen LogP contribution < -0.4 is 10.6 Å². The van der Waals surface area contributed by atoms with E-state index in [0.29, 0.717) is 12.5 Å². The molecule has 0 aromatic carbocycles. The number of aliphatic hydroxyl groups is 1. The van der Waals surface area contributed by atoms with Crippen molar-refractivity contribution in [3.63, 3.8) is 0 Å². The highest BCUT2D eigenvalue weighted by Crippen LogP contribution is 2.33. The first-order chi connectivity index (χ1) is 9.54. The standard InChI is InChI=1S/C16H30N2O2/c1-3-13-6-8-16(20,9-7-13)11-18-15(19)14-12(2)5-4-10-17-14/h12-14,17,20H,3-11H2,1-2H3,(H,18,19). The molecule has 1 aliphatic carbocycles. The molecule has 1 saturated carbocycles. The van der Waals surface area contributed by atoms with E-state index in [0.717, 1.165) is 51.0 Å². The number of piperidine rings is 1. The first-order valence-electron chi connectivity index (χ1n) is 8.27. The van der Waals surface area contributed by atoms with Crippen molar-refractivity contribution >= 4 is 5.91 Å². The van der Waals surface area contributed by atoms with Crippen LogP contribution >= 0.6 is 0 Å². The van der Waals surface area contributed by atoms with Gasteiger partial charge in [-0.1, -0.05) is 20.3 Å². The number of carbonyl (C=O) groups excluding carboxylic acids is 1. The molecular weight excluding hydrogens is 252 g/mol. The molecule has 0 aromatic rings. The lowest BCUT2D eigenvalue weighted by atomic mass is 9.78. The lowest BCUT2D eigenvalue weighted by molar-refractivity contribution is -0.126. The molecule has 20 heavy (non-hydrogen) atoms. The Bertz CT molecular complexity index is 324. The van der Waals surface area contributed by atoms with Gasteiger partial charge in [0.15, 0.2) is 0 Å². The van der Waals surface area contributed by atoms with Crippen molar-refractivity contribution in [2.24, 2.45) is 11.8 Å². The van der Waals surface area contributed by atoms with Gasteiger partial charge in [0.1, 0.15) is 0 Å². The summed E-state index contributed by atoms with van der Waals surface area (Å²) in [4.78, 5) is 12.2. The Balaban J connectivity index is 1.78. The second kappa shape index (κ2) is 6.90. The highest BCUT2D eigenvalue weighted by atomic mass is 16.3. The second-order valence-corrected chi connectivity index (χ2v) is 6.85. The highest BCUT2D eigenvalue weighted by Gasteiger charge is 2.34. The second-order valence-electron chi connectivity index (χ2n) is 6.85. The van der Waals surface area contributed by atoms with Crippen LogP contribution in [0.3, 0.4) is 0 Å². The van der Waals surface area contributed by atoms with Crippen molar-refractivity contribution in [3.8, 4) is 0 Å². The fraction of sp³-hybridized carbons (Fsp3) is 0.938. The summed E-state index contributed by atoms with van der Waals surface area (Å²) >= 11 is 0. The minimum atomic E-state index is -0.681. The molecule has 0 radical (unpaired) electrons. The molecule has 2 fully saturated rings. The zero-order valence-corrected chi connectivity index (χ0v) is 13.0. The monoisotopic (exact) mass is 282 g/mol. The average Bonchev–Trinajstić information content (AvgIpc) is 2.46. The van der Waals surface area contributed by atoms with E-state index >= 15 is 0 Å². The Kier molecular flexibility index (Phi) is 5.44. The minimum Gasteiger partial charge on any atom is -0.388 e. The van der Waals surface area contributed by atoms with E-state index < -0.39 is 5.60 Å². The predicted octanol–water partition coefficient (Wildman–Crippen LogP) is 1.82. The van der Waals surface area contributed by atoms with E-state index in [-0.39, 0.29) is 11.9 Å². The Morgan fingerprint density at radius 2 is 2.05 bits per heavy atom. The van der Waals surface area contributed by atoms with Gasteiger partial charge in [-0.3, -0.25) is 4.79 Å². The maximum absolute atomic E-state index is 12.2.